The summed E-state index contributed by atoms with van der Waals surface area (Å²) in [6.45, 7) is 15.3. The zero-order chi connectivity index (χ0) is 21.3. The lowest BCUT2D eigenvalue weighted by molar-refractivity contribution is -0.0454. The van der Waals surface area contributed by atoms with Gasteiger partial charge in [-0.2, -0.15) is 0 Å². The first-order valence-corrected chi connectivity index (χ1v) is 11.7. The van der Waals surface area contributed by atoms with E-state index in [1.54, 1.807) is 0 Å². The summed E-state index contributed by atoms with van der Waals surface area (Å²) >= 11 is 0. The second kappa shape index (κ2) is 12.3. The fourth-order valence-corrected chi connectivity index (χ4v) is 3.70. The molecule has 0 aromatic carbocycles. The molecule has 4 saturated heterocycles. The van der Waals surface area contributed by atoms with Gasteiger partial charge in [0, 0.05) is 0 Å². The summed E-state index contributed by atoms with van der Waals surface area (Å²) in [5.41, 5.74) is 0. The Morgan fingerprint density at radius 1 is 0.667 bits per heavy atom. The Morgan fingerprint density at radius 3 is 1.23 bits per heavy atom. The first-order valence-electron chi connectivity index (χ1n) is 11.7. The zero-order valence-electron chi connectivity index (χ0n) is 18.7. The summed E-state index contributed by atoms with van der Waals surface area (Å²) in [4.78, 5) is 0. The highest BCUT2D eigenvalue weighted by molar-refractivity contribution is 4.91. The van der Waals surface area contributed by atoms with E-state index in [0.717, 1.165) is 65.0 Å². The lowest BCUT2D eigenvalue weighted by atomic mass is 10.1. The number of hydrogen-bond acceptors (Lipinski definition) is 6. The molecule has 4 heterocycles. The zero-order valence-corrected chi connectivity index (χ0v) is 18.7. The molecule has 0 aliphatic carbocycles. The number of rotatable bonds is 16. The number of ether oxygens (including phenoxy) is 6. The first-order chi connectivity index (χ1) is 14.7. The third kappa shape index (κ3) is 8.40. The summed E-state index contributed by atoms with van der Waals surface area (Å²) in [5.74, 6) is 0. The van der Waals surface area contributed by atoms with E-state index in [1.165, 1.54) is 0 Å². The molecule has 172 valence electrons. The van der Waals surface area contributed by atoms with Crippen LogP contribution in [0.5, 0.6) is 0 Å². The van der Waals surface area contributed by atoms with Crippen LogP contribution in [0.1, 0.15) is 52.4 Å². The highest BCUT2D eigenvalue weighted by Crippen LogP contribution is 2.29. The summed E-state index contributed by atoms with van der Waals surface area (Å²) in [6, 6.07) is 0. The van der Waals surface area contributed by atoms with Crippen LogP contribution in [0.15, 0.2) is 25.3 Å². The highest BCUT2D eigenvalue weighted by Gasteiger charge is 2.40. The van der Waals surface area contributed by atoms with Crippen LogP contribution < -0.4 is 0 Å². The van der Waals surface area contributed by atoms with Crippen molar-refractivity contribution in [2.75, 3.05) is 26.4 Å². The van der Waals surface area contributed by atoms with E-state index in [-0.39, 0.29) is 24.4 Å². The van der Waals surface area contributed by atoms with Crippen molar-refractivity contribution in [3.8, 4) is 0 Å². The van der Waals surface area contributed by atoms with Gasteiger partial charge in [-0.3, -0.25) is 0 Å². The predicted molar refractivity (Wildman–Crippen MR) is 116 cm³/mol. The van der Waals surface area contributed by atoms with E-state index in [4.69, 9.17) is 28.4 Å². The third-order valence-electron chi connectivity index (χ3n) is 5.74. The van der Waals surface area contributed by atoms with E-state index in [2.05, 4.69) is 27.0 Å². The average molecular weight is 425 g/mol. The summed E-state index contributed by atoms with van der Waals surface area (Å²) in [7, 11) is 0. The fourth-order valence-electron chi connectivity index (χ4n) is 3.70. The molecule has 0 N–H and O–H groups in total. The van der Waals surface area contributed by atoms with Crippen molar-refractivity contribution in [1.82, 2.24) is 0 Å². The van der Waals surface area contributed by atoms with Crippen molar-refractivity contribution in [1.29, 1.82) is 0 Å². The molecule has 8 unspecified atom stereocenters. The molecule has 0 saturated carbocycles. The van der Waals surface area contributed by atoms with Crippen molar-refractivity contribution in [2.24, 2.45) is 0 Å². The predicted octanol–water partition coefficient (Wildman–Crippen LogP) is 3.83. The minimum absolute atomic E-state index is 0.136. The van der Waals surface area contributed by atoms with Crippen LogP contribution >= 0.6 is 0 Å². The van der Waals surface area contributed by atoms with Crippen molar-refractivity contribution >= 4 is 0 Å². The van der Waals surface area contributed by atoms with Crippen molar-refractivity contribution in [2.45, 2.75) is 101 Å². The Balaban J connectivity index is 0.000000171. The van der Waals surface area contributed by atoms with E-state index >= 15 is 0 Å². The minimum Gasteiger partial charge on any atom is -0.370 e. The highest BCUT2D eigenvalue weighted by atomic mass is 16.6. The van der Waals surface area contributed by atoms with Gasteiger partial charge >= 0.3 is 0 Å². The Bertz CT molecular complexity index is 466. The molecular formula is C24H40O6. The maximum absolute atomic E-state index is 6.13. The van der Waals surface area contributed by atoms with Gasteiger partial charge in [0.15, 0.2) is 0 Å². The molecule has 4 aliphatic heterocycles. The largest absolute Gasteiger partial charge is 0.370 e. The Morgan fingerprint density at radius 2 is 0.967 bits per heavy atom. The summed E-state index contributed by atoms with van der Waals surface area (Å²) in [6.07, 6.45) is 12.1. The quantitative estimate of drug-likeness (QED) is 0.277. The molecular weight excluding hydrogens is 384 g/mol. The third-order valence-corrected chi connectivity index (χ3v) is 5.74. The van der Waals surface area contributed by atoms with Gasteiger partial charge in [-0.05, 0) is 25.7 Å². The van der Waals surface area contributed by atoms with E-state index in [0.29, 0.717) is 24.4 Å². The van der Waals surface area contributed by atoms with E-state index in [1.807, 2.05) is 12.2 Å². The van der Waals surface area contributed by atoms with Gasteiger partial charge in [-0.25, -0.2) is 0 Å². The Kier molecular flexibility index (Phi) is 9.81. The van der Waals surface area contributed by atoms with Crippen LogP contribution in [0, 0.1) is 0 Å². The summed E-state index contributed by atoms with van der Waals surface area (Å²) in [5, 5.41) is 0. The number of hydrogen-bond donors (Lipinski definition) is 0. The molecule has 0 spiro atoms. The van der Waals surface area contributed by atoms with Gasteiger partial charge in [0.05, 0.1) is 50.8 Å². The molecule has 4 rings (SSSR count). The van der Waals surface area contributed by atoms with Gasteiger partial charge in [0.2, 0.25) is 0 Å². The molecule has 30 heavy (non-hydrogen) atoms. The Hall–Kier alpha value is -0.760. The van der Waals surface area contributed by atoms with Crippen molar-refractivity contribution in [3.05, 3.63) is 25.3 Å². The second-order valence-corrected chi connectivity index (χ2v) is 8.54. The van der Waals surface area contributed by atoms with Gasteiger partial charge in [-0.15, -0.1) is 13.2 Å². The molecule has 0 amide bonds. The van der Waals surface area contributed by atoms with Crippen LogP contribution in [-0.2, 0) is 28.4 Å². The normalized spacial score (nSPS) is 32.1. The molecule has 0 aromatic rings. The lowest BCUT2D eigenvalue weighted by Crippen LogP contribution is -2.30. The maximum atomic E-state index is 6.13. The van der Waals surface area contributed by atoms with Crippen LogP contribution in [0.3, 0.4) is 0 Å². The van der Waals surface area contributed by atoms with Crippen LogP contribution in [0.2, 0.25) is 0 Å². The molecule has 0 radical (unpaired) electrons. The van der Waals surface area contributed by atoms with Crippen LogP contribution in [-0.4, -0.2) is 75.3 Å². The van der Waals surface area contributed by atoms with Gasteiger partial charge in [0.1, 0.15) is 24.4 Å². The second-order valence-electron chi connectivity index (χ2n) is 8.54. The SMILES string of the molecule is C=CCC(OC(CC=C)C1CO1)C1CO1.CCCC(OC(CCC)C1CO1)C1CO1. The number of epoxide rings is 4. The minimum atomic E-state index is 0.136. The maximum Gasteiger partial charge on any atom is 0.107 e. The Labute approximate surface area is 181 Å². The molecule has 6 nitrogen and oxygen atoms in total. The van der Waals surface area contributed by atoms with Crippen LogP contribution in [0.4, 0.5) is 0 Å². The van der Waals surface area contributed by atoms with E-state index < -0.39 is 0 Å². The lowest BCUT2D eigenvalue weighted by Gasteiger charge is -2.22. The first kappa shape index (κ1) is 23.9. The van der Waals surface area contributed by atoms with Gasteiger partial charge in [0.25, 0.3) is 0 Å². The topological polar surface area (TPSA) is 68.6 Å². The molecule has 4 aliphatic rings. The average Bonchev–Trinajstić information content (AvgIpc) is 3.62. The fraction of sp³-hybridized carbons (Fsp3) is 0.833. The standard InChI is InChI=1S/C12H22O3.C12H18O3/c2*1-3-5-9(11-7-13-11)15-10(6-4-2)12-8-14-12/h9-12H,3-8H2,1-2H3;3-4,9-12H,1-2,5-8H2. The molecule has 0 bridgehead atoms. The molecule has 4 fully saturated rings. The molecule has 0 aromatic heterocycles. The van der Waals surface area contributed by atoms with Crippen molar-refractivity contribution in [3.63, 3.8) is 0 Å². The molecule has 6 heteroatoms. The van der Waals surface area contributed by atoms with E-state index in [9.17, 15) is 0 Å². The summed E-state index contributed by atoms with van der Waals surface area (Å²) < 4.78 is 33.3. The monoisotopic (exact) mass is 424 g/mol. The molecule has 8 atom stereocenters. The smallest absolute Gasteiger partial charge is 0.107 e. The van der Waals surface area contributed by atoms with Crippen LogP contribution in [0.25, 0.3) is 0 Å². The van der Waals surface area contributed by atoms with Crippen molar-refractivity contribution < 1.29 is 28.4 Å². The van der Waals surface area contributed by atoms with Gasteiger partial charge in [-0.1, -0.05) is 38.8 Å². The van der Waals surface area contributed by atoms with Gasteiger partial charge < -0.3 is 28.4 Å².